The van der Waals surface area contributed by atoms with Crippen molar-refractivity contribution in [1.29, 1.82) is 0 Å². The van der Waals surface area contributed by atoms with Crippen molar-refractivity contribution in [3.8, 4) is 11.5 Å². The molecule has 6 nitrogen and oxygen atoms in total. The minimum Gasteiger partial charge on any atom is -0.497 e. The molecule has 0 fully saturated rings. The number of carbonyl (C=O) groups is 2. The lowest BCUT2D eigenvalue weighted by molar-refractivity contribution is -0.129. The Morgan fingerprint density at radius 1 is 0.917 bits per heavy atom. The Labute approximate surface area is 138 Å². The van der Waals surface area contributed by atoms with Crippen molar-refractivity contribution in [2.24, 2.45) is 0 Å². The lowest BCUT2D eigenvalue weighted by atomic mass is 10.1. The molecule has 0 radical (unpaired) electrons. The van der Waals surface area contributed by atoms with E-state index in [0.717, 1.165) is 0 Å². The minimum absolute atomic E-state index is 0.0277. The van der Waals surface area contributed by atoms with Gasteiger partial charge in [-0.25, -0.2) is 4.39 Å². The van der Waals surface area contributed by atoms with Gasteiger partial charge in [0.25, 0.3) is 5.91 Å². The average molecular weight is 332 g/mol. The lowest BCUT2D eigenvalue weighted by Crippen LogP contribution is -2.44. The van der Waals surface area contributed by atoms with E-state index in [9.17, 15) is 14.0 Å². The van der Waals surface area contributed by atoms with Crippen LogP contribution in [0.15, 0.2) is 48.5 Å². The highest BCUT2D eigenvalue weighted by Gasteiger charge is 2.07. The molecule has 0 aliphatic rings. The third kappa shape index (κ3) is 5.60. The normalized spacial score (nSPS) is 9.92. The number of methoxy groups -OCH3 is 1. The van der Waals surface area contributed by atoms with Crippen LogP contribution in [0.3, 0.4) is 0 Å². The topological polar surface area (TPSA) is 76.7 Å². The summed E-state index contributed by atoms with van der Waals surface area (Å²) >= 11 is 0. The molecule has 126 valence electrons. The standard InChI is InChI=1S/C17H17FN2O4/c1-23-14-6-8-15(9-7-14)24-11-17(22)20-19-16(21)10-12-2-4-13(18)5-3-12/h2-9H,10-11H2,1H3,(H,19,21)(H,20,22). The molecule has 2 rings (SSSR count). The van der Waals surface area contributed by atoms with E-state index < -0.39 is 11.8 Å². The molecule has 24 heavy (non-hydrogen) atoms. The first kappa shape index (κ1) is 17.3. The van der Waals surface area contributed by atoms with Gasteiger partial charge >= 0.3 is 0 Å². The highest BCUT2D eigenvalue weighted by Crippen LogP contribution is 2.16. The van der Waals surface area contributed by atoms with Gasteiger partial charge in [-0.15, -0.1) is 0 Å². The van der Waals surface area contributed by atoms with E-state index in [2.05, 4.69) is 10.9 Å². The van der Waals surface area contributed by atoms with Gasteiger partial charge < -0.3 is 9.47 Å². The van der Waals surface area contributed by atoms with E-state index in [0.29, 0.717) is 17.1 Å². The van der Waals surface area contributed by atoms with Gasteiger partial charge in [0.2, 0.25) is 5.91 Å². The summed E-state index contributed by atoms with van der Waals surface area (Å²) in [5.74, 6) is -0.107. The molecule has 0 unspecified atom stereocenters. The number of ether oxygens (including phenoxy) is 2. The fourth-order valence-electron chi connectivity index (χ4n) is 1.83. The van der Waals surface area contributed by atoms with Crippen LogP contribution in [0.2, 0.25) is 0 Å². The first-order valence-electron chi connectivity index (χ1n) is 7.16. The molecule has 0 saturated heterocycles. The number of rotatable bonds is 6. The van der Waals surface area contributed by atoms with Crippen molar-refractivity contribution in [3.05, 3.63) is 59.9 Å². The van der Waals surface area contributed by atoms with Gasteiger partial charge in [0, 0.05) is 0 Å². The number of carbonyl (C=O) groups excluding carboxylic acids is 2. The summed E-state index contributed by atoms with van der Waals surface area (Å²) in [5.41, 5.74) is 5.15. The van der Waals surface area contributed by atoms with Crippen LogP contribution in [0.25, 0.3) is 0 Å². The Balaban J connectivity index is 1.70. The third-order valence-corrected chi connectivity index (χ3v) is 3.05. The number of nitrogens with one attached hydrogen (secondary N) is 2. The number of halogens is 1. The van der Waals surface area contributed by atoms with Gasteiger partial charge in [-0.1, -0.05) is 12.1 Å². The smallest absolute Gasteiger partial charge is 0.276 e. The van der Waals surface area contributed by atoms with E-state index >= 15 is 0 Å². The maximum absolute atomic E-state index is 12.8. The summed E-state index contributed by atoms with van der Waals surface area (Å²) in [4.78, 5) is 23.3. The predicted octanol–water partition coefficient (Wildman–Crippen LogP) is 1.60. The van der Waals surface area contributed by atoms with Crippen molar-refractivity contribution >= 4 is 11.8 Å². The molecule has 0 aromatic heterocycles. The molecule has 0 aliphatic carbocycles. The molecule has 2 amide bonds. The maximum atomic E-state index is 12.8. The molecule has 0 spiro atoms. The number of hydrogen-bond acceptors (Lipinski definition) is 4. The Morgan fingerprint density at radius 3 is 2.12 bits per heavy atom. The molecule has 0 atom stereocenters. The van der Waals surface area contributed by atoms with Crippen LogP contribution in [0.1, 0.15) is 5.56 Å². The van der Waals surface area contributed by atoms with Gasteiger partial charge in [0.05, 0.1) is 13.5 Å². The number of amides is 2. The molecular formula is C17H17FN2O4. The van der Waals surface area contributed by atoms with Crippen LogP contribution in [0.4, 0.5) is 4.39 Å². The number of hydrazine groups is 1. The zero-order chi connectivity index (χ0) is 17.4. The van der Waals surface area contributed by atoms with Crippen LogP contribution < -0.4 is 20.3 Å². The molecule has 0 bridgehead atoms. The lowest BCUT2D eigenvalue weighted by Gasteiger charge is -2.09. The van der Waals surface area contributed by atoms with E-state index in [-0.39, 0.29) is 18.8 Å². The second-order valence-corrected chi connectivity index (χ2v) is 4.86. The molecule has 0 aliphatic heterocycles. The Morgan fingerprint density at radius 2 is 1.50 bits per heavy atom. The molecule has 0 saturated carbocycles. The Hall–Kier alpha value is -3.09. The predicted molar refractivity (Wildman–Crippen MR) is 84.9 cm³/mol. The molecule has 7 heteroatoms. The summed E-state index contributed by atoms with van der Waals surface area (Å²) in [5, 5.41) is 0. The molecule has 2 aromatic rings. The van der Waals surface area contributed by atoms with Gasteiger partial charge in [0.1, 0.15) is 17.3 Å². The summed E-state index contributed by atoms with van der Waals surface area (Å²) in [6.07, 6.45) is 0.0277. The van der Waals surface area contributed by atoms with Crippen LogP contribution in [0.5, 0.6) is 11.5 Å². The largest absolute Gasteiger partial charge is 0.497 e. The van der Waals surface area contributed by atoms with Crippen molar-refractivity contribution in [3.63, 3.8) is 0 Å². The molecule has 2 aromatic carbocycles. The fraction of sp³-hybridized carbons (Fsp3) is 0.176. The quantitative estimate of drug-likeness (QED) is 0.788. The van der Waals surface area contributed by atoms with Crippen LogP contribution >= 0.6 is 0 Å². The van der Waals surface area contributed by atoms with Crippen molar-refractivity contribution in [1.82, 2.24) is 10.9 Å². The monoisotopic (exact) mass is 332 g/mol. The van der Waals surface area contributed by atoms with Gasteiger partial charge in [0.15, 0.2) is 6.61 Å². The number of benzene rings is 2. The molecule has 2 N–H and O–H groups in total. The van der Waals surface area contributed by atoms with E-state index in [4.69, 9.17) is 9.47 Å². The summed E-state index contributed by atoms with van der Waals surface area (Å²) in [7, 11) is 1.55. The first-order chi connectivity index (χ1) is 11.6. The second kappa shape index (κ2) is 8.52. The molecule has 0 heterocycles. The van der Waals surface area contributed by atoms with Gasteiger partial charge in [-0.05, 0) is 42.0 Å². The zero-order valence-electron chi connectivity index (χ0n) is 13.0. The van der Waals surface area contributed by atoms with Gasteiger partial charge in [-0.2, -0.15) is 0 Å². The zero-order valence-corrected chi connectivity index (χ0v) is 13.0. The third-order valence-electron chi connectivity index (χ3n) is 3.05. The minimum atomic E-state index is -0.502. The van der Waals surface area contributed by atoms with Crippen LogP contribution in [-0.4, -0.2) is 25.5 Å². The summed E-state index contributed by atoms with van der Waals surface area (Å²) in [6, 6.07) is 12.3. The maximum Gasteiger partial charge on any atom is 0.276 e. The highest BCUT2D eigenvalue weighted by molar-refractivity contribution is 5.83. The second-order valence-electron chi connectivity index (χ2n) is 4.86. The summed E-state index contributed by atoms with van der Waals surface area (Å²) in [6.45, 7) is -0.247. The van der Waals surface area contributed by atoms with E-state index in [1.54, 1.807) is 31.4 Å². The van der Waals surface area contributed by atoms with Crippen molar-refractivity contribution in [2.45, 2.75) is 6.42 Å². The number of hydrogen-bond donors (Lipinski definition) is 2. The highest BCUT2D eigenvalue weighted by atomic mass is 19.1. The molecular weight excluding hydrogens is 315 g/mol. The van der Waals surface area contributed by atoms with Crippen molar-refractivity contribution in [2.75, 3.05) is 13.7 Å². The van der Waals surface area contributed by atoms with Crippen molar-refractivity contribution < 1.29 is 23.5 Å². The first-order valence-corrected chi connectivity index (χ1v) is 7.16. The van der Waals surface area contributed by atoms with Crippen LogP contribution in [0, 0.1) is 5.82 Å². The Kier molecular flexibility index (Phi) is 6.13. The van der Waals surface area contributed by atoms with E-state index in [1.807, 2.05) is 0 Å². The van der Waals surface area contributed by atoms with Gasteiger partial charge in [-0.3, -0.25) is 20.4 Å². The SMILES string of the molecule is COc1ccc(OCC(=O)NNC(=O)Cc2ccc(F)cc2)cc1. The van der Waals surface area contributed by atoms with Crippen LogP contribution in [-0.2, 0) is 16.0 Å². The average Bonchev–Trinajstić information content (AvgIpc) is 2.60. The van der Waals surface area contributed by atoms with E-state index in [1.165, 1.54) is 24.3 Å². The fourth-order valence-corrected chi connectivity index (χ4v) is 1.83. The summed E-state index contributed by atoms with van der Waals surface area (Å²) < 4.78 is 23.0. The Bertz CT molecular complexity index is 687.